The smallest absolute Gasteiger partial charge is 0.198 e. The Balaban J connectivity index is 1.73. The zero-order valence-corrected chi connectivity index (χ0v) is 22.8. The van der Waals surface area contributed by atoms with Gasteiger partial charge in [-0.05, 0) is 24.6 Å². The second-order valence-electron chi connectivity index (χ2n) is 8.26. The van der Waals surface area contributed by atoms with Crippen molar-refractivity contribution < 1.29 is 0 Å². The topological polar surface area (TPSA) is 50.5 Å². The van der Waals surface area contributed by atoms with Gasteiger partial charge in [0.05, 0.1) is 11.4 Å². The predicted octanol–water partition coefficient (Wildman–Crippen LogP) is 8.26. The fourth-order valence-corrected chi connectivity index (χ4v) is 5.32. The third-order valence-corrected chi connectivity index (χ3v) is 7.51. The van der Waals surface area contributed by atoms with Crippen LogP contribution in [-0.4, -0.2) is 33.9 Å². The van der Waals surface area contributed by atoms with Crippen LogP contribution in [0.2, 0.25) is 0 Å². The lowest BCUT2D eigenvalue weighted by Gasteiger charge is -2.13. The molecule has 0 unspecified atom stereocenters. The standard InChI is InChI=1S/C32H26N4S2/c1-37-27-19-11-9-17-25(27)29(23-13-5-3-6-14-23)35-31-32(34-22-21-33-31)36-30(24-15-7-4-8-16-24)26-18-10-12-20-28(26)38-2/h3-22H,1-2H3/b35-29+,36-30+. The third-order valence-electron chi connectivity index (χ3n) is 5.91. The number of nitrogens with zero attached hydrogens (tertiary/aromatic N) is 4. The Morgan fingerprint density at radius 1 is 0.500 bits per heavy atom. The van der Waals surface area contributed by atoms with E-state index < -0.39 is 0 Å². The summed E-state index contributed by atoms with van der Waals surface area (Å²) >= 11 is 3.39. The van der Waals surface area contributed by atoms with Gasteiger partial charge in [0.1, 0.15) is 0 Å². The van der Waals surface area contributed by atoms with Crippen molar-refractivity contribution in [2.45, 2.75) is 9.79 Å². The number of aromatic nitrogens is 2. The summed E-state index contributed by atoms with van der Waals surface area (Å²) in [5.41, 5.74) is 5.76. The van der Waals surface area contributed by atoms with Crippen molar-refractivity contribution in [1.29, 1.82) is 0 Å². The van der Waals surface area contributed by atoms with Crippen molar-refractivity contribution in [3.63, 3.8) is 0 Å². The Morgan fingerprint density at radius 3 is 1.26 bits per heavy atom. The first-order chi connectivity index (χ1) is 18.8. The fraction of sp³-hybridized carbons (Fsp3) is 0.0625. The summed E-state index contributed by atoms with van der Waals surface area (Å²) in [5.74, 6) is 0.939. The van der Waals surface area contributed by atoms with E-state index in [9.17, 15) is 0 Å². The van der Waals surface area contributed by atoms with Crippen LogP contribution in [0.1, 0.15) is 22.3 Å². The molecule has 0 bridgehead atoms. The van der Waals surface area contributed by atoms with Crippen LogP contribution in [-0.2, 0) is 0 Å². The van der Waals surface area contributed by atoms with Crippen LogP contribution in [0.25, 0.3) is 0 Å². The Labute approximate surface area is 232 Å². The molecule has 0 amide bonds. The van der Waals surface area contributed by atoms with Gasteiger partial charge in [-0.15, -0.1) is 23.5 Å². The fourth-order valence-electron chi connectivity index (χ4n) is 4.13. The van der Waals surface area contributed by atoms with Gasteiger partial charge in [-0.2, -0.15) is 0 Å². The van der Waals surface area contributed by atoms with Gasteiger partial charge < -0.3 is 0 Å². The summed E-state index contributed by atoms with van der Waals surface area (Å²) in [6.45, 7) is 0. The molecule has 1 heterocycles. The number of hydrogen-bond acceptors (Lipinski definition) is 6. The molecule has 186 valence electrons. The van der Waals surface area contributed by atoms with Crippen molar-refractivity contribution in [2.75, 3.05) is 12.5 Å². The van der Waals surface area contributed by atoms with Crippen LogP contribution >= 0.6 is 23.5 Å². The minimum Gasteiger partial charge on any atom is -0.232 e. The molecule has 0 saturated carbocycles. The first-order valence-electron chi connectivity index (χ1n) is 12.1. The highest BCUT2D eigenvalue weighted by molar-refractivity contribution is 7.99. The number of aliphatic imine (C=N–C) groups is 2. The summed E-state index contributed by atoms with van der Waals surface area (Å²) in [7, 11) is 0. The normalized spacial score (nSPS) is 11.9. The van der Waals surface area contributed by atoms with E-state index >= 15 is 0 Å². The molecule has 1 aromatic heterocycles. The van der Waals surface area contributed by atoms with E-state index in [0.29, 0.717) is 11.6 Å². The number of hydrogen-bond donors (Lipinski definition) is 0. The molecular formula is C32H26N4S2. The van der Waals surface area contributed by atoms with Gasteiger partial charge in [0, 0.05) is 44.4 Å². The highest BCUT2D eigenvalue weighted by atomic mass is 32.2. The van der Waals surface area contributed by atoms with Crippen molar-refractivity contribution >= 4 is 46.6 Å². The highest BCUT2D eigenvalue weighted by Gasteiger charge is 2.16. The van der Waals surface area contributed by atoms with E-state index in [-0.39, 0.29) is 0 Å². The van der Waals surface area contributed by atoms with Crippen molar-refractivity contribution in [2.24, 2.45) is 9.98 Å². The molecule has 4 aromatic carbocycles. The second kappa shape index (κ2) is 12.5. The predicted molar refractivity (Wildman–Crippen MR) is 162 cm³/mol. The van der Waals surface area contributed by atoms with Crippen molar-refractivity contribution in [3.05, 3.63) is 144 Å². The largest absolute Gasteiger partial charge is 0.232 e. The molecule has 5 rings (SSSR count). The van der Waals surface area contributed by atoms with Crippen LogP contribution in [0.15, 0.2) is 141 Å². The minimum absolute atomic E-state index is 0.470. The maximum atomic E-state index is 5.11. The van der Waals surface area contributed by atoms with E-state index in [0.717, 1.165) is 43.5 Å². The van der Waals surface area contributed by atoms with Gasteiger partial charge in [0.15, 0.2) is 11.6 Å². The number of thioether (sulfide) groups is 2. The average molecular weight is 531 g/mol. The monoisotopic (exact) mass is 530 g/mol. The summed E-state index contributed by atoms with van der Waals surface area (Å²) in [6.07, 6.45) is 7.49. The Morgan fingerprint density at radius 2 is 0.868 bits per heavy atom. The van der Waals surface area contributed by atoms with Gasteiger partial charge in [-0.3, -0.25) is 0 Å². The van der Waals surface area contributed by atoms with Crippen molar-refractivity contribution in [3.8, 4) is 0 Å². The quantitative estimate of drug-likeness (QED) is 0.150. The molecule has 0 saturated heterocycles. The molecule has 38 heavy (non-hydrogen) atoms. The van der Waals surface area contributed by atoms with Crippen LogP contribution < -0.4 is 0 Å². The molecule has 0 aliphatic heterocycles. The molecule has 4 nitrogen and oxygen atoms in total. The molecule has 0 radical (unpaired) electrons. The lowest BCUT2D eigenvalue weighted by Crippen LogP contribution is -2.06. The highest BCUT2D eigenvalue weighted by Crippen LogP contribution is 2.31. The van der Waals surface area contributed by atoms with E-state index in [4.69, 9.17) is 9.98 Å². The minimum atomic E-state index is 0.470. The summed E-state index contributed by atoms with van der Waals surface area (Å²) in [6, 6.07) is 37.0. The Hall–Kier alpha value is -4.00. The molecule has 0 aliphatic rings. The van der Waals surface area contributed by atoms with Crippen LogP contribution in [0, 0.1) is 0 Å². The average Bonchev–Trinajstić information content (AvgIpc) is 3.00. The third kappa shape index (κ3) is 5.77. The second-order valence-corrected chi connectivity index (χ2v) is 9.95. The van der Waals surface area contributed by atoms with Gasteiger partial charge in [0.25, 0.3) is 0 Å². The maximum Gasteiger partial charge on any atom is 0.198 e. The van der Waals surface area contributed by atoms with E-state index in [1.165, 1.54) is 0 Å². The van der Waals surface area contributed by atoms with Gasteiger partial charge in [-0.25, -0.2) is 20.0 Å². The lowest BCUT2D eigenvalue weighted by molar-refractivity contribution is 1.15. The Bertz CT molecular complexity index is 1460. The van der Waals surface area contributed by atoms with E-state index in [1.54, 1.807) is 35.9 Å². The molecule has 0 fully saturated rings. The molecule has 0 aliphatic carbocycles. The van der Waals surface area contributed by atoms with Gasteiger partial charge in [-0.1, -0.05) is 97.1 Å². The van der Waals surface area contributed by atoms with Crippen LogP contribution in [0.4, 0.5) is 11.6 Å². The molecule has 0 spiro atoms. The number of benzene rings is 4. The SMILES string of the molecule is CSc1ccccc1/C(=N/c1nccnc1/N=C(\c1ccccc1)c1ccccc1SC)c1ccccc1. The molecule has 0 atom stereocenters. The molecule has 0 N–H and O–H groups in total. The van der Waals surface area contributed by atoms with Gasteiger partial charge in [0.2, 0.25) is 0 Å². The van der Waals surface area contributed by atoms with Crippen LogP contribution in [0.5, 0.6) is 0 Å². The zero-order valence-electron chi connectivity index (χ0n) is 21.2. The number of rotatable bonds is 8. The summed E-state index contributed by atoms with van der Waals surface area (Å²) < 4.78 is 0. The first kappa shape index (κ1) is 25.6. The zero-order chi connectivity index (χ0) is 26.2. The Kier molecular flexibility index (Phi) is 8.43. The summed E-state index contributed by atoms with van der Waals surface area (Å²) in [5, 5.41) is 0. The molecular weight excluding hydrogens is 505 g/mol. The lowest BCUT2D eigenvalue weighted by atomic mass is 10.0. The summed E-state index contributed by atoms with van der Waals surface area (Å²) in [4.78, 5) is 21.8. The first-order valence-corrected chi connectivity index (χ1v) is 14.6. The molecule has 6 heteroatoms. The van der Waals surface area contributed by atoms with E-state index in [1.807, 2.05) is 60.7 Å². The molecule has 5 aromatic rings. The van der Waals surface area contributed by atoms with Gasteiger partial charge >= 0.3 is 0 Å². The van der Waals surface area contributed by atoms with E-state index in [2.05, 4.69) is 71.0 Å². The van der Waals surface area contributed by atoms with Crippen LogP contribution in [0.3, 0.4) is 0 Å². The van der Waals surface area contributed by atoms with Crippen molar-refractivity contribution in [1.82, 2.24) is 9.97 Å². The maximum absolute atomic E-state index is 5.11.